The highest BCUT2D eigenvalue weighted by molar-refractivity contribution is 5.97. The van der Waals surface area contributed by atoms with E-state index < -0.39 is 63.7 Å². The Kier molecular flexibility index (Phi) is 6.83. The third-order valence-electron chi connectivity index (χ3n) is 10.9. The number of halogens is 6. The molecule has 3 aromatic rings. The molecule has 7 atom stereocenters. The molecule has 0 aliphatic carbocycles. The van der Waals surface area contributed by atoms with Crippen LogP contribution in [-0.4, -0.2) is 81.5 Å². The van der Waals surface area contributed by atoms with Crippen LogP contribution in [0.1, 0.15) is 57.1 Å². The number of fused-ring (bicyclic) bond motifs is 6. The molecule has 0 radical (unpaired) electrons. The topological polar surface area (TPSA) is 102 Å². The zero-order valence-electron chi connectivity index (χ0n) is 26.1. The lowest BCUT2D eigenvalue weighted by atomic mass is 9.95. The van der Waals surface area contributed by atoms with Gasteiger partial charge in [0.15, 0.2) is 5.82 Å². The van der Waals surface area contributed by atoms with E-state index in [1.54, 1.807) is 0 Å². The van der Waals surface area contributed by atoms with E-state index >= 15 is 4.39 Å². The summed E-state index contributed by atoms with van der Waals surface area (Å²) in [5, 5.41) is 3.71. The molecule has 252 valence electrons. The largest absolute Gasteiger partial charge is 0.472 e. The van der Waals surface area contributed by atoms with Gasteiger partial charge in [0.25, 0.3) is 0 Å². The first kappa shape index (κ1) is 30.7. The maximum absolute atomic E-state index is 16.8. The van der Waals surface area contributed by atoms with Gasteiger partial charge in [-0.25, -0.2) is 18.2 Å². The Morgan fingerprint density at radius 1 is 1.11 bits per heavy atom. The molecule has 4 fully saturated rings. The minimum Gasteiger partial charge on any atom is -0.472 e. The summed E-state index contributed by atoms with van der Waals surface area (Å²) in [7, 11) is 0. The molecule has 0 saturated carbocycles. The first-order chi connectivity index (χ1) is 22.3. The van der Waals surface area contributed by atoms with Gasteiger partial charge >= 0.3 is 12.2 Å². The van der Waals surface area contributed by atoms with E-state index in [-0.39, 0.29) is 60.0 Å². The molecule has 9 nitrogen and oxygen atoms in total. The van der Waals surface area contributed by atoms with E-state index in [0.717, 1.165) is 32.3 Å². The molecule has 2 unspecified atom stereocenters. The van der Waals surface area contributed by atoms with Crippen molar-refractivity contribution in [2.45, 2.75) is 101 Å². The van der Waals surface area contributed by atoms with Crippen LogP contribution in [0.3, 0.4) is 0 Å². The molecule has 7 heterocycles. The van der Waals surface area contributed by atoms with Crippen LogP contribution in [0.5, 0.6) is 11.9 Å². The Morgan fingerprint density at radius 3 is 2.66 bits per heavy atom. The van der Waals surface area contributed by atoms with Crippen LogP contribution < -0.4 is 25.4 Å². The molecule has 5 aliphatic rings. The molecule has 0 spiro atoms. The van der Waals surface area contributed by atoms with Crippen molar-refractivity contribution >= 4 is 22.4 Å². The number of nitrogens with two attached hydrogens (primary N) is 1. The van der Waals surface area contributed by atoms with E-state index in [2.05, 4.69) is 20.2 Å². The van der Waals surface area contributed by atoms with Crippen molar-refractivity contribution < 1.29 is 35.8 Å². The predicted octanol–water partition coefficient (Wildman–Crippen LogP) is 5.31. The fraction of sp³-hybridized carbons (Fsp3) is 0.594. The van der Waals surface area contributed by atoms with Crippen molar-refractivity contribution in [2.75, 3.05) is 30.3 Å². The summed E-state index contributed by atoms with van der Waals surface area (Å²) < 4.78 is 102. The molecule has 47 heavy (non-hydrogen) atoms. The Labute approximate surface area is 266 Å². The van der Waals surface area contributed by atoms with Crippen LogP contribution in [0.25, 0.3) is 22.2 Å². The Bertz CT molecular complexity index is 1790. The Balaban J connectivity index is 1.33. The zero-order chi connectivity index (χ0) is 33.2. The number of benzene rings is 1. The number of ether oxygens (including phenoxy) is 2. The van der Waals surface area contributed by atoms with Gasteiger partial charge in [0, 0.05) is 43.2 Å². The van der Waals surface area contributed by atoms with Crippen molar-refractivity contribution in [1.82, 2.24) is 25.2 Å². The number of hydrogen-bond donors (Lipinski definition) is 2. The zero-order valence-corrected chi connectivity index (χ0v) is 26.1. The van der Waals surface area contributed by atoms with Gasteiger partial charge in [-0.2, -0.15) is 23.1 Å². The van der Waals surface area contributed by atoms with Gasteiger partial charge in [0.05, 0.1) is 22.8 Å². The number of piperazine rings is 1. The second kappa shape index (κ2) is 10.5. The first-order valence-electron chi connectivity index (χ1n) is 16.1. The SMILES string of the molecule is Cc1c(F)c(N)cc(-c2nc3c4c(nc(OCC56CCC(C)N5C[C@H](F)C6)nc4c2F)N2C[C@H]4CC[C@H](N4)[C@H]2[C@H](C)O3)c1C(F)(F)F. The minimum absolute atomic E-state index is 0.0144. The predicted molar refractivity (Wildman–Crippen MR) is 161 cm³/mol. The lowest BCUT2D eigenvalue weighted by Crippen LogP contribution is -2.62. The number of aromatic nitrogens is 3. The van der Waals surface area contributed by atoms with Crippen molar-refractivity contribution in [3.05, 3.63) is 28.8 Å². The van der Waals surface area contributed by atoms with E-state index in [4.69, 9.17) is 20.2 Å². The first-order valence-corrected chi connectivity index (χ1v) is 16.1. The van der Waals surface area contributed by atoms with Gasteiger partial charge in [-0.15, -0.1) is 0 Å². The van der Waals surface area contributed by atoms with Crippen LogP contribution in [-0.2, 0) is 6.18 Å². The van der Waals surface area contributed by atoms with Crippen molar-refractivity contribution in [3.63, 3.8) is 0 Å². The quantitative estimate of drug-likeness (QED) is 0.284. The van der Waals surface area contributed by atoms with Crippen molar-refractivity contribution in [2.24, 2.45) is 0 Å². The summed E-state index contributed by atoms with van der Waals surface area (Å²) in [6, 6.07) is 0.616. The van der Waals surface area contributed by atoms with Crippen molar-refractivity contribution in [1.29, 1.82) is 0 Å². The molecule has 15 heteroatoms. The number of nitrogens with zero attached hydrogens (tertiary/aromatic N) is 5. The monoisotopic (exact) mass is 663 g/mol. The number of pyridine rings is 1. The average Bonchev–Trinajstić information content (AvgIpc) is 3.62. The normalized spacial score (nSPS) is 31.6. The highest BCUT2D eigenvalue weighted by atomic mass is 19.4. The molecule has 1 aromatic carbocycles. The summed E-state index contributed by atoms with van der Waals surface area (Å²) in [5.74, 6) is -2.27. The molecular weight excluding hydrogens is 628 g/mol. The molecular formula is C32H35F6N7O2. The number of nitrogens with one attached hydrogen (secondary N) is 1. The average molecular weight is 664 g/mol. The van der Waals surface area contributed by atoms with E-state index in [1.807, 2.05) is 18.7 Å². The summed E-state index contributed by atoms with van der Waals surface area (Å²) >= 11 is 0. The van der Waals surface area contributed by atoms with E-state index in [1.165, 1.54) is 0 Å². The fourth-order valence-electron chi connectivity index (χ4n) is 8.85. The van der Waals surface area contributed by atoms with Gasteiger partial charge in [0.1, 0.15) is 47.1 Å². The summed E-state index contributed by atoms with van der Waals surface area (Å²) in [4.78, 5) is 17.7. The van der Waals surface area contributed by atoms with Gasteiger partial charge in [-0.3, -0.25) is 4.90 Å². The molecule has 8 rings (SSSR count). The highest BCUT2D eigenvalue weighted by Gasteiger charge is 2.53. The van der Waals surface area contributed by atoms with Crippen LogP contribution in [0.15, 0.2) is 6.07 Å². The lowest BCUT2D eigenvalue weighted by molar-refractivity contribution is -0.137. The van der Waals surface area contributed by atoms with Gasteiger partial charge in [-0.05, 0) is 58.1 Å². The van der Waals surface area contributed by atoms with Crippen LogP contribution >= 0.6 is 0 Å². The molecule has 4 saturated heterocycles. The lowest BCUT2D eigenvalue weighted by Gasteiger charge is -2.42. The number of alkyl halides is 4. The summed E-state index contributed by atoms with van der Waals surface area (Å²) in [6.45, 7) is 5.69. The van der Waals surface area contributed by atoms with Gasteiger partial charge < -0.3 is 25.4 Å². The minimum atomic E-state index is -5.06. The van der Waals surface area contributed by atoms with Crippen molar-refractivity contribution in [3.8, 4) is 23.1 Å². The van der Waals surface area contributed by atoms with E-state index in [0.29, 0.717) is 25.3 Å². The number of nitrogen functional groups attached to an aromatic ring is 1. The Morgan fingerprint density at radius 2 is 1.89 bits per heavy atom. The number of rotatable bonds is 4. The number of anilines is 2. The molecule has 0 amide bonds. The third-order valence-corrected chi connectivity index (χ3v) is 10.9. The molecule has 2 aromatic heterocycles. The Hall–Kier alpha value is -3.59. The molecule has 3 N–H and O–H groups in total. The highest BCUT2D eigenvalue weighted by Crippen LogP contribution is 2.48. The van der Waals surface area contributed by atoms with E-state index in [9.17, 15) is 22.0 Å². The van der Waals surface area contributed by atoms with Crippen LogP contribution in [0, 0.1) is 18.6 Å². The maximum Gasteiger partial charge on any atom is 0.417 e. The third kappa shape index (κ3) is 4.62. The second-order valence-electron chi connectivity index (χ2n) is 13.8. The van der Waals surface area contributed by atoms with Gasteiger partial charge in [-0.1, -0.05) is 0 Å². The number of hydrogen-bond acceptors (Lipinski definition) is 9. The van der Waals surface area contributed by atoms with Crippen LogP contribution in [0.4, 0.5) is 37.8 Å². The smallest absolute Gasteiger partial charge is 0.417 e. The van der Waals surface area contributed by atoms with Crippen LogP contribution in [0.2, 0.25) is 0 Å². The van der Waals surface area contributed by atoms with Gasteiger partial charge in [0.2, 0.25) is 5.88 Å². The summed E-state index contributed by atoms with van der Waals surface area (Å²) in [6.07, 6.45) is -2.95. The standard InChI is InChI=1S/C32H35F6N7O2/c1-13-6-7-31(9-16(33)10-45(13)31)12-46-30-42-26-21-28(43-30)44-11-17-4-5-20(40-17)27(44)15(3)47-29(21)41-25(24(26)35)18-8-19(39)23(34)14(2)22(18)32(36,37)38/h8,13,15-17,20,27,40H,4-7,9-12,39H2,1-3H3/t13?,15-,16+,17+,20-,27+,31?/m0/s1. The summed E-state index contributed by atoms with van der Waals surface area (Å²) in [5.41, 5.74) is 0.619. The fourth-order valence-corrected chi connectivity index (χ4v) is 8.85. The molecule has 2 bridgehead atoms. The molecule has 5 aliphatic heterocycles. The maximum atomic E-state index is 16.8. The second-order valence-corrected chi connectivity index (χ2v) is 13.8.